The van der Waals surface area contributed by atoms with Crippen LogP contribution in [0.15, 0.2) is 72.8 Å². The quantitative estimate of drug-likeness (QED) is 0.284. The monoisotopic (exact) mass is 526 g/mol. The van der Waals surface area contributed by atoms with Gasteiger partial charge in [0.25, 0.3) is 5.91 Å². The van der Waals surface area contributed by atoms with Crippen molar-refractivity contribution in [3.63, 3.8) is 0 Å². The molecule has 0 saturated heterocycles. The third kappa shape index (κ3) is 8.00. The Morgan fingerprint density at radius 3 is 2.36 bits per heavy atom. The minimum atomic E-state index is -0.730. The molecule has 0 unspecified atom stereocenters. The SMILES string of the molecule is CCCCNC(=O)[C@@H](Cc1ccccc1)N(Cc1ccc(Cl)c(Cl)c1)C(=O)COc1ccccc1C. The molecule has 0 fully saturated rings. The van der Waals surface area contributed by atoms with E-state index < -0.39 is 6.04 Å². The lowest BCUT2D eigenvalue weighted by atomic mass is 10.0. The maximum atomic E-state index is 13.6. The first-order chi connectivity index (χ1) is 17.4. The fourth-order valence-corrected chi connectivity index (χ4v) is 4.16. The molecule has 7 heteroatoms. The van der Waals surface area contributed by atoms with Gasteiger partial charge in [0.05, 0.1) is 10.0 Å². The largest absolute Gasteiger partial charge is 0.484 e. The zero-order chi connectivity index (χ0) is 25.9. The van der Waals surface area contributed by atoms with Gasteiger partial charge in [0, 0.05) is 19.5 Å². The number of unbranched alkanes of at least 4 members (excludes halogenated alkanes) is 1. The number of nitrogens with zero attached hydrogens (tertiary/aromatic N) is 1. The summed E-state index contributed by atoms with van der Waals surface area (Å²) in [5.41, 5.74) is 2.66. The second-order valence-electron chi connectivity index (χ2n) is 8.67. The summed E-state index contributed by atoms with van der Waals surface area (Å²) in [7, 11) is 0. The molecule has 0 aliphatic rings. The standard InChI is InChI=1S/C29H32Cl2N2O3/c1-3-4-16-32-29(35)26(18-22-11-6-5-7-12-22)33(19-23-14-15-24(30)25(31)17-23)28(34)20-36-27-13-9-8-10-21(27)2/h5-15,17,26H,3-4,16,18-20H2,1-2H3,(H,32,35)/t26-/m1/s1. The van der Waals surface area contributed by atoms with Gasteiger partial charge in [-0.05, 0) is 48.2 Å². The van der Waals surface area contributed by atoms with E-state index in [0.717, 1.165) is 29.5 Å². The smallest absolute Gasteiger partial charge is 0.261 e. The van der Waals surface area contributed by atoms with E-state index in [0.29, 0.717) is 28.8 Å². The van der Waals surface area contributed by atoms with Crippen LogP contribution in [0, 0.1) is 6.92 Å². The maximum absolute atomic E-state index is 13.6. The molecule has 0 aliphatic carbocycles. The van der Waals surface area contributed by atoms with Crippen LogP contribution in [0.25, 0.3) is 0 Å². The van der Waals surface area contributed by atoms with Crippen molar-refractivity contribution >= 4 is 35.0 Å². The van der Waals surface area contributed by atoms with Crippen LogP contribution in [0.3, 0.4) is 0 Å². The third-order valence-electron chi connectivity index (χ3n) is 5.88. The molecule has 0 radical (unpaired) electrons. The topological polar surface area (TPSA) is 58.6 Å². The molecule has 1 N–H and O–H groups in total. The van der Waals surface area contributed by atoms with Crippen LogP contribution in [-0.2, 0) is 22.6 Å². The van der Waals surface area contributed by atoms with Crippen molar-refractivity contribution in [2.75, 3.05) is 13.2 Å². The molecule has 3 rings (SSSR count). The highest BCUT2D eigenvalue weighted by Gasteiger charge is 2.30. The third-order valence-corrected chi connectivity index (χ3v) is 6.62. The van der Waals surface area contributed by atoms with E-state index in [1.54, 1.807) is 17.0 Å². The molecule has 0 saturated carbocycles. The van der Waals surface area contributed by atoms with Gasteiger partial charge >= 0.3 is 0 Å². The number of carbonyl (C=O) groups is 2. The number of nitrogens with one attached hydrogen (secondary N) is 1. The second-order valence-corrected chi connectivity index (χ2v) is 9.49. The van der Waals surface area contributed by atoms with E-state index in [2.05, 4.69) is 12.2 Å². The maximum Gasteiger partial charge on any atom is 0.261 e. The molecule has 3 aromatic rings. The van der Waals surface area contributed by atoms with Crippen molar-refractivity contribution < 1.29 is 14.3 Å². The molecule has 3 aromatic carbocycles. The highest BCUT2D eigenvalue weighted by Crippen LogP contribution is 2.24. The van der Waals surface area contributed by atoms with E-state index in [4.69, 9.17) is 27.9 Å². The normalized spacial score (nSPS) is 11.6. The summed E-state index contributed by atoms with van der Waals surface area (Å²) < 4.78 is 5.87. The number of halogens is 2. The van der Waals surface area contributed by atoms with Gasteiger partial charge < -0.3 is 15.0 Å². The molecule has 0 heterocycles. The first kappa shape index (κ1) is 27.6. The molecule has 0 aromatic heterocycles. The zero-order valence-electron chi connectivity index (χ0n) is 20.7. The van der Waals surface area contributed by atoms with Crippen LogP contribution in [0.2, 0.25) is 10.0 Å². The first-order valence-electron chi connectivity index (χ1n) is 12.1. The number of rotatable bonds is 12. The van der Waals surface area contributed by atoms with Crippen molar-refractivity contribution in [1.82, 2.24) is 10.2 Å². The van der Waals surface area contributed by atoms with E-state index in [9.17, 15) is 9.59 Å². The minimum absolute atomic E-state index is 0.186. The fraction of sp³-hybridized carbons (Fsp3) is 0.310. The average molecular weight is 527 g/mol. The molecular weight excluding hydrogens is 495 g/mol. The van der Waals surface area contributed by atoms with Gasteiger partial charge in [0.15, 0.2) is 6.61 Å². The fourth-order valence-electron chi connectivity index (χ4n) is 3.84. The number of hydrogen-bond donors (Lipinski definition) is 1. The van der Waals surface area contributed by atoms with Crippen LogP contribution < -0.4 is 10.1 Å². The molecule has 0 bridgehead atoms. The Bertz CT molecular complexity index is 1150. The predicted octanol–water partition coefficient (Wildman–Crippen LogP) is 6.24. The van der Waals surface area contributed by atoms with Crippen LogP contribution in [-0.4, -0.2) is 35.9 Å². The number of carbonyl (C=O) groups excluding carboxylic acids is 2. The Balaban J connectivity index is 1.91. The van der Waals surface area contributed by atoms with Gasteiger partial charge in [-0.1, -0.05) is 91.1 Å². The first-order valence-corrected chi connectivity index (χ1v) is 12.9. The molecule has 0 spiro atoms. The lowest BCUT2D eigenvalue weighted by Gasteiger charge is -2.31. The summed E-state index contributed by atoms with van der Waals surface area (Å²) in [6.45, 7) is 4.53. The number of benzene rings is 3. The summed E-state index contributed by atoms with van der Waals surface area (Å²) in [5, 5.41) is 3.83. The highest BCUT2D eigenvalue weighted by molar-refractivity contribution is 6.42. The van der Waals surface area contributed by atoms with Crippen LogP contribution in [0.1, 0.15) is 36.5 Å². The minimum Gasteiger partial charge on any atom is -0.484 e. The Labute approximate surface area is 223 Å². The molecule has 5 nitrogen and oxygen atoms in total. The molecular formula is C29H32Cl2N2O3. The lowest BCUT2D eigenvalue weighted by molar-refractivity contribution is -0.142. The van der Waals surface area contributed by atoms with E-state index >= 15 is 0 Å². The lowest BCUT2D eigenvalue weighted by Crippen LogP contribution is -2.51. The van der Waals surface area contributed by atoms with Crippen LogP contribution in [0.5, 0.6) is 5.75 Å². The van der Waals surface area contributed by atoms with Crippen molar-refractivity contribution in [1.29, 1.82) is 0 Å². The van der Waals surface area contributed by atoms with Crippen LogP contribution >= 0.6 is 23.2 Å². The van der Waals surface area contributed by atoms with Crippen LogP contribution in [0.4, 0.5) is 0 Å². The van der Waals surface area contributed by atoms with Gasteiger partial charge in [-0.25, -0.2) is 0 Å². The number of hydrogen-bond acceptors (Lipinski definition) is 3. The Kier molecular flexibility index (Phi) is 10.6. The number of ether oxygens (including phenoxy) is 1. The van der Waals surface area contributed by atoms with Gasteiger partial charge in [-0.3, -0.25) is 9.59 Å². The van der Waals surface area contributed by atoms with Crippen molar-refractivity contribution in [3.8, 4) is 5.75 Å². The van der Waals surface area contributed by atoms with E-state index in [1.807, 2.05) is 67.6 Å². The van der Waals surface area contributed by atoms with Crippen molar-refractivity contribution in [2.45, 2.75) is 45.7 Å². The molecule has 2 amide bonds. The molecule has 0 aliphatic heterocycles. The molecule has 190 valence electrons. The summed E-state index contributed by atoms with van der Waals surface area (Å²) in [6.07, 6.45) is 2.19. The van der Waals surface area contributed by atoms with E-state index in [1.165, 1.54) is 0 Å². The molecule has 36 heavy (non-hydrogen) atoms. The van der Waals surface area contributed by atoms with Crippen molar-refractivity contribution in [2.24, 2.45) is 0 Å². The van der Waals surface area contributed by atoms with Gasteiger partial charge in [0.2, 0.25) is 5.91 Å². The van der Waals surface area contributed by atoms with E-state index in [-0.39, 0.29) is 25.0 Å². The van der Waals surface area contributed by atoms with Gasteiger partial charge in [-0.2, -0.15) is 0 Å². The zero-order valence-corrected chi connectivity index (χ0v) is 22.2. The summed E-state index contributed by atoms with van der Waals surface area (Å²) in [4.78, 5) is 28.6. The Hall–Kier alpha value is -3.02. The average Bonchev–Trinajstić information content (AvgIpc) is 2.88. The summed E-state index contributed by atoms with van der Waals surface area (Å²) in [6, 6.07) is 21.7. The number of amides is 2. The summed E-state index contributed by atoms with van der Waals surface area (Å²) in [5.74, 6) is 0.139. The Morgan fingerprint density at radius 1 is 0.944 bits per heavy atom. The number of para-hydroxylation sites is 1. The number of aryl methyl sites for hydroxylation is 1. The van der Waals surface area contributed by atoms with Crippen molar-refractivity contribution in [3.05, 3.63) is 99.5 Å². The molecule has 1 atom stereocenters. The highest BCUT2D eigenvalue weighted by atomic mass is 35.5. The van der Waals surface area contributed by atoms with Gasteiger partial charge in [-0.15, -0.1) is 0 Å². The predicted molar refractivity (Wildman–Crippen MR) is 146 cm³/mol. The summed E-state index contributed by atoms with van der Waals surface area (Å²) >= 11 is 12.4. The second kappa shape index (κ2) is 13.9. The van der Waals surface area contributed by atoms with Gasteiger partial charge in [0.1, 0.15) is 11.8 Å². The Morgan fingerprint density at radius 2 is 1.67 bits per heavy atom.